The van der Waals surface area contributed by atoms with Gasteiger partial charge in [0.15, 0.2) is 0 Å². The molecule has 0 spiro atoms. The van der Waals surface area contributed by atoms with Crippen molar-refractivity contribution < 1.29 is 14.2 Å². The number of benzene rings is 1. The lowest BCUT2D eigenvalue weighted by Crippen LogP contribution is -2.03. The van der Waals surface area contributed by atoms with Crippen LogP contribution in [0.2, 0.25) is 5.02 Å². The van der Waals surface area contributed by atoms with Crippen LogP contribution in [0, 0.1) is 5.82 Å². The number of halogens is 2. The van der Waals surface area contributed by atoms with Crippen LogP contribution in [-0.4, -0.2) is 18.8 Å². The van der Waals surface area contributed by atoms with Gasteiger partial charge in [0.25, 0.3) is 0 Å². The largest absolute Gasteiger partial charge is 0.495 e. The molecule has 0 amide bonds. The van der Waals surface area contributed by atoms with E-state index in [0.717, 1.165) is 0 Å². The van der Waals surface area contributed by atoms with E-state index in [1.54, 1.807) is 6.92 Å². The molecular weight excluding hydrogens is 207 g/mol. The molecule has 0 bridgehead atoms. The zero-order valence-corrected chi connectivity index (χ0v) is 8.81. The summed E-state index contributed by atoms with van der Waals surface area (Å²) < 4.78 is 18.1. The highest BCUT2D eigenvalue weighted by atomic mass is 35.5. The molecule has 0 saturated carbocycles. The van der Waals surface area contributed by atoms with Crippen molar-refractivity contribution >= 4 is 11.6 Å². The van der Waals surface area contributed by atoms with Gasteiger partial charge >= 0.3 is 0 Å². The molecule has 1 N–H and O–H groups in total. The SMILES string of the molecule is COc1c(Cl)cc(F)cc1C(C)CO. The summed E-state index contributed by atoms with van der Waals surface area (Å²) in [6.07, 6.45) is 0. The fourth-order valence-electron chi connectivity index (χ4n) is 1.26. The van der Waals surface area contributed by atoms with Gasteiger partial charge in [-0.25, -0.2) is 4.39 Å². The van der Waals surface area contributed by atoms with E-state index >= 15 is 0 Å². The molecule has 0 aromatic heterocycles. The summed E-state index contributed by atoms with van der Waals surface area (Å²) in [6.45, 7) is 1.70. The standard InChI is InChI=1S/C10H12ClFO2/c1-6(5-13)8-3-7(12)4-9(11)10(8)14-2/h3-4,6,13H,5H2,1-2H3. The smallest absolute Gasteiger partial charge is 0.141 e. The third-order valence-electron chi connectivity index (χ3n) is 2.05. The third-order valence-corrected chi connectivity index (χ3v) is 2.33. The Kier molecular flexibility index (Phi) is 3.72. The molecule has 14 heavy (non-hydrogen) atoms. The Morgan fingerprint density at radius 2 is 2.21 bits per heavy atom. The van der Waals surface area contributed by atoms with Crippen molar-refractivity contribution in [1.82, 2.24) is 0 Å². The van der Waals surface area contributed by atoms with Gasteiger partial charge in [-0.05, 0) is 12.1 Å². The van der Waals surface area contributed by atoms with E-state index in [0.29, 0.717) is 11.3 Å². The Morgan fingerprint density at radius 1 is 1.57 bits per heavy atom. The number of hydrogen-bond donors (Lipinski definition) is 1. The second-order valence-corrected chi connectivity index (χ2v) is 3.50. The zero-order chi connectivity index (χ0) is 10.7. The molecule has 0 saturated heterocycles. The van der Waals surface area contributed by atoms with Crippen molar-refractivity contribution in [3.05, 3.63) is 28.5 Å². The molecule has 0 aliphatic rings. The first kappa shape index (κ1) is 11.3. The maximum Gasteiger partial charge on any atom is 0.141 e. The van der Waals surface area contributed by atoms with Crippen molar-refractivity contribution in [3.8, 4) is 5.75 Å². The summed E-state index contributed by atoms with van der Waals surface area (Å²) in [6, 6.07) is 2.51. The topological polar surface area (TPSA) is 29.5 Å². The van der Waals surface area contributed by atoms with Crippen molar-refractivity contribution in [2.75, 3.05) is 13.7 Å². The van der Waals surface area contributed by atoms with Gasteiger partial charge in [-0.1, -0.05) is 18.5 Å². The summed E-state index contributed by atoms with van der Waals surface area (Å²) in [4.78, 5) is 0. The maximum absolute atomic E-state index is 13.0. The Bertz CT molecular complexity index is 328. The maximum atomic E-state index is 13.0. The van der Waals surface area contributed by atoms with Crippen molar-refractivity contribution in [1.29, 1.82) is 0 Å². The van der Waals surface area contributed by atoms with E-state index in [4.69, 9.17) is 21.4 Å². The van der Waals surface area contributed by atoms with E-state index in [2.05, 4.69) is 0 Å². The Morgan fingerprint density at radius 3 is 2.71 bits per heavy atom. The Hall–Kier alpha value is -0.800. The van der Waals surface area contributed by atoms with Crippen LogP contribution in [0.3, 0.4) is 0 Å². The molecule has 0 aliphatic heterocycles. The van der Waals surface area contributed by atoms with E-state index in [9.17, 15) is 4.39 Å². The predicted octanol–water partition coefficient (Wildman–Crippen LogP) is 2.58. The lowest BCUT2D eigenvalue weighted by molar-refractivity contribution is 0.269. The fraction of sp³-hybridized carbons (Fsp3) is 0.400. The number of methoxy groups -OCH3 is 1. The number of rotatable bonds is 3. The zero-order valence-electron chi connectivity index (χ0n) is 8.05. The summed E-state index contributed by atoms with van der Waals surface area (Å²) >= 11 is 5.79. The van der Waals surface area contributed by atoms with Crippen molar-refractivity contribution in [2.24, 2.45) is 0 Å². The van der Waals surface area contributed by atoms with Gasteiger partial charge < -0.3 is 9.84 Å². The van der Waals surface area contributed by atoms with E-state index in [1.807, 2.05) is 0 Å². The van der Waals surface area contributed by atoms with Crippen molar-refractivity contribution in [2.45, 2.75) is 12.8 Å². The first-order chi connectivity index (χ1) is 6.60. The van der Waals surface area contributed by atoms with Crippen LogP contribution in [0.15, 0.2) is 12.1 Å². The van der Waals surface area contributed by atoms with E-state index in [1.165, 1.54) is 19.2 Å². The fourth-order valence-corrected chi connectivity index (χ4v) is 1.55. The van der Waals surface area contributed by atoms with Crippen LogP contribution < -0.4 is 4.74 Å². The molecule has 1 rings (SSSR count). The minimum Gasteiger partial charge on any atom is -0.495 e. The molecule has 78 valence electrons. The minimum absolute atomic E-state index is 0.0733. The van der Waals surface area contributed by atoms with Gasteiger partial charge in [-0.3, -0.25) is 0 Å². The van der Waals surface area contributed by atoms with Gasteiger partial charge in [-0.2, -0.15) is 0 Å². The van der Waals surface area contributed by atoms with Crippen LogP contribution in [0.25, 0.3) is 0 Å². The second kappa shape index (κ2) is 4.62. The average molecular weight is 219 g/mol. The molecule has 0 heterocycles. The monoisotopic (exact) mass is 218 g/mol. The first-order valence-corrected chi connectivity index (χ1v) is 4.61. The molecule has 0 radical (unpaired) electrons. The summed E-state index contributed by atoms with van der Waals surface area (Å²) in [5.41, 5.74) is 0.583. The highest BCUT2D eigenvalue weighted by Gasteiger charge is 2.15. The summed E-state index contributed by atoms with van der Waals surface area (Å²) in [7, 11) is 1.46. The highest BCUT2D eigenvalue weighted by Crippen LogP contribution is 2.34. The lowest BCUT2D eigenvalue weighted by atomic mass is 10.0. The molecule has 1 aromatic rings. The average Bonchev–Trinajstić information content (AvgIpc) is 2.15. The predicted molar refractivity (Wildman–Crippen MR) is 53.5 cm³/mol. The van der Waals surface area contributed by atoms with Gasteiger partial charge in [0.1, 0.15) is 11.6 Å². The van der Waals surface area contributed by atoms with Crippen LogP contribution in [0.1, 0.15) is 18.4 Å². The molecule has 1 atom stereocenters. The molecule has 4 heteroatoms. The molecule has 0 fully saturated rings. The van der Waals surface area contributed by atoms with Crippen LogP contribution in [0.4, 0.5) is 4.39 Å². The van der Waals surface area contributed by atoms with Crippen molar-refractivity contribution in [3.63, 3.8) is 0 Å². The lowest BCUT2D eigenvalue weighted by Gasteiger charge is -2.14. The molecule has 0 aliphatic carbocycles. The second-order valence-electron chi connectivity index (χ2n) is 3.09. The number of aliphatic hydroxyl groups is 1. The number of ether oxygens (including phenoxy) is 1. The molecule has 2 nitrogen and oxygen atoms in total. The van der Waals surface area contributed by atoms with E-state index in [-0.39, 0.29) is 17.5 Å². The minimum atomic E-state index is -0.425. The van der Waals surface area contributed by atoms with Gasteiger partial charge in [0.05, 0.1) is 12.1 Å². The Balaban J connectivity index is 3.24. The summed E-state index contributed by atoms with van der Waals surface area (Å²) in [5, 5.41) is 9.19. The molecule has 1 aromatic carbocycles. The van der Waals surface area contributed by atoms with Gasteiger partial charge in [0, 0.05) is 18.1 Å². The molecular formula is C10H12ClFO2. The number of aliphatic hydroxyl groups excluding tert-OH is 1. The quantitative estimate of drug-likeness (QED) is 0.845. The number of hydrogen-bond acceptors (Lipinski definition) is 2. The highest BCUT2D eigenvalue weighted by molar-refractivity contribution is 6.32. The third kappa shape index (κ3) is 2.16. The van der Waals surface area contributed by atoms with Crippen LogP contribution in [0.5, 0.6) is 5.75 Å². The van der Waals surface area contributed by atoms with Crippen LogP contribution in [-0.2, 0) is 0 Å². The van der Waals surface area contributed by atoms with Gasteiger partial charge in [0.2, 0.25) is 0 Å². The molecule has 1 unspecified atom stereocenters. The van der Waals surface area contributed by atoms with Gasteiger partial charge in [-0.15, -0.1) is 0 Å². The Labute approximate surface area is 87.3 Å². The van der Waals surface area contributed by atoms with Crippen LogP contribution >= 0.6 is 11.6 Å². The van der Waals surface area contributed by atoms with E-state index < -0.39 is 5.82 Å². The normalized spacial score (nSPS) is 12.6. The first-order valence-electron chi connectivity index (χ1n) is 4.24. The summed E-state index contributed by atoms with van der Waals surface area (Å²) in [5.74, 6) is -0.195.